The second-order valence-electron chi connectivity index (χ2n) is 0. The molecule has 0 atom stereocenters. The van der Waals surface area contributed by atoms with Crippen LogP contribution in [0, 0.1) is 0 Å². The first-order valence-corrected chi connectivity index (χ1v) is 0.753. The number of hydrogen-bond donors (Lipinski definition) is 0. The molecule has 0 amide bonds. The van der Waals surface area contributed by atoms with Crippen molar-refractivity contribution in [2.45, 2.75) is 0 Å². The molecule has 6 N–H and O–H groups in total. The van der Waals surface area contributed by atoms with Crippen LogP contribution < -0.4 is 0 Å². The monoisotopic (exact) mass is 121 g/mol. The van der Waals surface area contributed by atoms with E-state index in [-0.39, 0.29) is 16.4 Å². The molecule has 5 heteroatoms. The predicted octanol–water partition coefficient (Wildman–Crippen LogP) is -2.60. The molecule has 0 spiro atoms. The second-order valence-corrected chi connectivity index (χ2v) is 0. The van der Waals surface area contributed by atoms with Gasteiger partial charge in [-0.05, 0) is 0 Å². The van der Waals surface area contributed by atoms with Crippen molar-refractivity contribution in [3.8, 4) is 0 Å². The Morgan fingerprint density at radius 1 is 0.800 bits per heavy atom. The van der Waals surface area contributed by atoms with Crippen molar-refractivity contribution >= 4 is 0 Å². The Morgan fingerprint density at radius 3 is 0.800 bits per heavy atom. The van der Waals surface area contributed by atoms with Gasteiger partial charge in [-0.1, -0.05) is 0 Å². The summed E-state index contributed by atoms with van der Waals surface area (Å²) in [4.78, 5) is 0. The standard InChI is InChI=1S/3H2O.O.V/h3*1H2;;. The van der Waals surface area contributed by atoms with E-state index >= 15 is 0 Å². The quantitative estimate of drug-likeness (QED) is 0.343. The van der Waals surface area contributed by atoms with E-state index in [1.54, 1.807) is 0 Å². The molecule has 4 nitrogen and oxygen atoms in total. The molecule has 0 bridgehead atoms. The normalized spacial score (nSPS) is 0.600. The van der Waals surface area contributed by atoms with E-state index in [1.165, 1.54) is 0 Å². The summed E-state index contributed by atoms with van der Waals surface area (Å²) < 4.78 is 8.19. The predicted molar refractivity (Wildman–Crippen MR) is 11.5 cm³/mol. The fraction of sp³-hybridized carbons (Fsp3) is 0. The van der Waals surface area contributed by atoms with Gasteiger partial charge in [-0.25, -0.2) is 0 Å². The summed E-state index contributed by atoms with van der Waals surface area (Å²) in [5.41, 5.74) is 0. The van der Waals surface area contributed by atoms with Gasteiger partial charge in [-0.2, -0.15) is 0 Å². The molecule has 0 fully saturated rings. The summed E-state index contributed by atoms with van der Waals surface area (Å²) >= 11 is 1.06. The Bertz CT molecular complexity index is 3.61. The molecule has 0 aliphatic rings. The summed E-state index contributed by atoms with van der Waals surface area (Å²) in [6.07, 6.45) is 0. The van der Waals surface area contributed by atoms with Crippen LogP contribution >= 0.6 is 0 Å². The maximum absolute atomic E-state index is 8.19. The van der Waals surface area contributed by atoms with Gasteiger partial charge in [0.2, 0.25) is 0 Å². The second kappa shape index (κ2) is 650. The average Bonchev–Trinajstić information content (AvgIpc) is 1.00. The van der Waals surface area contributed by atoms with Crippen LogP contribution in [0.15, 0.2) is 0 Å². The van der Waals surface area contributed by atoms with E-state index in [4.69, 9.17) is 3.67 Å². The molecule has 0 saturated heterocycles. The summed E-state index contributed by atoms with van der Waals surface area (Å²) in [5, 5.41) is 0. The van der Waals surface area contributed by atoms with Gasteiger partial charge in [0.15, 0.2) is 0 Å². The third-order valence-electron chi connectivity index (χ3n) is 0. The van der Waals surface area contributed by atoms with Crippen molar-refractivity contribution in [2.24, 2.45) is 0 Å². The van der Waals surface area contributed by atoms with Crippen LogP contribution in [0.25, 0.3) is 0 Å². The third kappa shape index (κ3) is 313. The zero-order chi connectivity index (χ0) is 2.00. The average molecular weight is 121 g/mol. The Morgan fingerprint density at radius 2 is 0.800 bits per heavy atom. The Hall–Kier alpha value is 0.264. The van der Waals surface area contributed by atoms with Gasteiger partial charge in [-0.15, -0.1) is 0 Å². The zero-order valence-electron chi connectivity index (χ0n) is 2.36. The summed E-state index contributed by atoms with van der Waals surface area (Å²) in [6.45, 7) is 0. The Balaban J connectivity index is -0.00000000167. The maximum atomic E-state index is 8.19. The van der Waals surface area contributed by atoms with E-state index in [9.17, 15) is 0 Å². The third-order valence-corrected chi connectivity index (χ3v) is 0. The van der Waals surface area contributed by atoms with Gasteiger partial charge in [0.05, 0.1) is 0 Å². The first-order valence-electron chi connectivity index (χ1n) is 0.183. The fourth-order valence-electron chi connectivity index (χ4n) is 0. The molecule has 0 aliphatic carbocycles. The van der Waals surface area contributed by atoms with Crippen LogP contribution in [0.2, 0.25) is 0 Å². The fourth-order valence-corrected chi connectivity index (χ4v) is 0. The van der Waals surface area contributed by atoms with Gasteiger partial charge < -0.3 is 16.4 Å². The Kier molecular flexibility index (Phi) is 7780. The van der Waals surface area contributed by atoms with Gasteiger partial charge in [0.25, 0.3) is 0 Å². The van der Waals surface area contributed by atoms with Gasteiger partial charge in [0, 0.05) is 0 Å². The van der Waals surface area contributed by atoms with Crippen LogP contribution in [-0.2, 0) is 21.0 Å². The van der Waals surface area contributed by atoms with E-state index in [0.717, 1.165) is 17.4 Å². The van der Waals surface area contributed by atoms with Crippen molar-refractivity contribution in [1.29, 1.82) is 0 Å². The molecule has 0 saturated carbocycles. The van der Waals surface area contributed by atoms with Gasteiger partial charge in [0.1, 0.15) is 0 Å². The molecule has 0 unspecified atom stereocenters. The molecule has 5 heavy (non-hydrogen) atoms. The first-order chi connectivity index (χ1) is 1.00. The van der Waals surface area contributed by atoms with Crippen LogP contribution in [0.5, 0.6) is 0 Å². The molecular formula is H6O4V. The molecule has 0 aliphatic heterocycles. The van der Waals surface area contributed by atoms with E-state index in [0.29, 0.717) is 0 Å². The SMILES string of the molecule is O.O.O.[O]=[V]. The number of rotatable bonds is 0. The minimum absolute atomic E-state index is 0. The van der Waals surface area contributed by atoms with Gasteiger partial charge >= 0.3 is 21.0 Å². The first kappa shape index (κ1) is 59.9. The van der Waals surface area contributed by atoms with Crippen molar-refractivity contribution in [2.75, 3.05) is 0 Å². The summed E-state index contributed by atoms with van der Waals surface area (Å²) in [5.74, 6) is 0. The molecular weight excluding hydrogens is 115 g/mol. The van der Waals surface area contributed by atoms with Crippen LogP contribution in [0.1, 0.15) is 0 Å². The minimum atomic E-state index is 0. The van der Waals surface area contributed by atoms with Crippen molar-refractivity contribution in [3.63, 3.8) is 0 Å². The van der Waals surface area contributed by atoms with Crippen LogP contribution in [0.4, 0.5) is 0 Å². The summed E-state index contributed by atoms with van der Waals surface area (Å²) in [7, 11) is 0. The van der Waals surface area contributed by atoms with Gasteiger partial charge in [-0.3, -0.25) is 0 Å². The van der Waals surface area contributed by atoms with Crippen molar-refractivity contribution < 1.29 is 37.5 Å². The van der Waals surface area contributed by atoms with E-state index < -0.39 is 0 Å². The molecule has 35 valence electrons. The topological polar surface area (TPSA) is 112 Å². The summed E-state index contributed by atoms with van der Waals surface area (Å²) in [6, 6.07) is 0. The van der Waals surface area contributed by atoms with Crippen LogP contribution in [-0.4, -0.2) is 16.4 Å². The Labute approximate surface area is 38.3 Å². The molecule has 0 aromatic rings. The van der Waals surface area contributed by atoms with E-state index in [1.807, 2.05) is 0 Å². The molecule has 0 heterocycles. The van der Waals surface area contributed by atoms with Crippen molar-refractivity contribution in [3.05, 3.63) is 0 Å². The molecule has 0 radical (unpaired) electrons. The van der Waals surface area contributed by atoms with Crippen molar-refractivity contribution in [1.82, 2.24) is 0 Å². The zero-order valence-corrected chi connectivity index (χ0v) is 3.75. The van der Waals surface area contributed by atoms with E-state index in [2.05, 4.69) is 0 Å². The molecule has 0 aromatic heterocycles. The van der Waals surface area contributed by atoms with Crippen LogP contribution in [0.3, 0.4) is 0 Å². The molecule has 0 aromatic carbocycles. The number of hydrogen-bond acceptors (Lipinski definition) is 1. The molecule has 0 rings (SSSR count).